The van der Waals surface area contributed by atoms with Gasteiger partial charge in [0.05, 0.1) is 22.9 Å². The van der Waals surface area contributed by atoms with E-state index >= 15 is 0 Å². The summed E-state index contributed by atoms with van der Waals surface area (Å²) in [5.41, 5.74) is 0.604. The first-order chi connectivity index (χ1) is 12.0. The molecule has 0 unspecified atom stereocenters. The standard InChI is InChI=1S/C18H24N2O4S/c1-2-3-4-5-10-25-18-9-6-14(11-17(18)20(23)24)19-12-15(21)7-8-16(22)13-19/h6,9,11H,2-5,7-8,10,12-13H2,1H3. The maximum Gasteiger partial charge on any atom is 0.284 e. The monoisotopic (exact) mass is 364 g/mol. The zero-order valence-corrected chi connectivity index (χ0v) is 15.3. The molecule has 0 aliphatic carbocycles. The minimum absolute atomic E-state index is 0.0112. The number of hydrogen-bond acceptors (Lipinski definition) is 6. The number of hydrogen-bond donors (Lipinski definition) is 0. The fourth-order valence-electron chi connectivity index (χ4n) is 2.78. The Labute approximate surface area is 152 Å². The fourth-order valence-corrected chi connectivity index (χ4v) is 3.79. The predicted molar refractivity (Wildman–Crippen MR) is 99.4 cm³/mol. The van der Waals surface area contributed by atoms with E-state index in [2.05, 4.69) is 6.92 Å². The summed E-state index contributed by atoms with van der Waals surface area (Å²) in [6, 6.07) is 4.99. The van der Waals surface area contributed by atoms with Crippen LogP contribution < -0.4 is 4.90 Å². The Kier molecular flexibility index (Phi) is 7.43. The van der Waals surface area contributed by atoms with E-state index in [1.165, 1.54) is 24.2 Å². The molecule has 1 fully saturated rings. The fraction of sp³-hybridized carbons (Fsp3) is 0.556. The van der Waals surface area contributed by atoms with Gasteiger partial charge in [0.2, 0.25) is 0 Å². The average Bonchev–Trinajstić information content (AvgIpc) is 2.75. The van der Waals surface area contributed by atoms with Crippen molar-refractivity contribution in [1.82, 2.24) is 0 Å². The van der Waals surface area contributed by atoms with Crippen LogP contribution in [0, 0.1) is 10.1 Å². The lowest BCUT2D eigenvalue weighted by Gasteiger charge is -2.21. The molecule has 2 rings (SSSR count). The number of rotatable bonds is 8. The van der Waals surface area contributed by atoms with Crippen molar-refractivity contribution in [3.05, 3.63) is 28.3 Å². The van der Waals surface area contributed by atoms with Gasteiger partial charge in [-0.15, -0.1) is 11.8 Å². The molecule has 1 aliphatic heterocycles. The van der Waals surface area contributed by atoms with Gasteiger partial charge in [-0.25, -0.2) is 0 Å². The van der Waals surface area contributed by atoms with Crippen molar-refractivity contribution in [3.8, 4) is 0 Å². The van der Waals surface area contributed by atoms with Crippen LogP contribution in [0.5, 0.6) is 0 Å². The molecule has 1 aromatic carbocycles. The van der Waals surface area contributed by atoms with Gasteiger partial charge in [-0.05, 0) is 24.3 Å². The molecule has 1 saturated heterocycles. The van der Waals surface area contributed by atoms with E-state index in [1.54, 1.807) is 17.0 Å². The number of carbonyl (C=O) groups excluding carboxylic acids is 2. The maximum absolute atomic E-state index is 11.8. The van der Waals surface area contributed by atoms with Crippen LogP contribution in [0.2, 0.25) is 0 Å². The summed E-state index contributed by atoms with van der Waals surface area (Å²) in [6.45, 7) is 2.41. The topological polar surface area (TPSA) is 80.5 Å². The first-order valence-electron chi connectivity index (χ1n) is 8.71. The smallest absolute Gasteiger partial charge is 0.284 e. The number of Topliss-reactive ketones (excluding diaryl/α,β-unsaturated/α-hetero) is 2. The van der Waals surface area contributed by atoms with Crippen LogP contribution in [0.3, 0.4) is 0 Å². The van der Waals surface area contributed by atoms with Gasteiger partial charge >= 0.3 is 0 Å². The third kappa shape index (κ3) is 5.85. The number of benzene rings is 1. The Morgan fingerprint density at radius 2 is 1.80 bits per heavy atom. The van der Waals surface area contributed by atoms with Crippen molar-refractivity contribution in [2.24, 2.45) is 0 Å². The molecule has 1 heterocycles. The number of nitro benzene ring substituents is 1. The minimum Gasteiger partial charge on any atom is -0.357 e. The van der Waals surface area contributed by atoms with Crippen molar-refractivity contribution in [3.63, 3.8) is 0 Å². The third-order valence-corrected chi connectivity index (χ3v) is 5.33. The minimum atomic E-state index is -0.390. The highest BCUT2D eigenvalue weighted by molar-refractivity contribution is 7.99. The van der Waals surface area contributed by atoms with Gasteiger partial charge in [-0.3, -0.25) is 19.7 Å². The van der Waals surface area contributed by atoms with E-state index in [0.29, 0.717) is 10.6 Å². The van der Waals surface area contributed by atoms with E-state index in [1.807, 2.05) is 0 Å². The van der Waals surface area contributed by atoms with E-state index in [0.717, 1.165) is 25.0 Å². The summed E-state index contributed by atoms with van der Waals surface area (Å²) in [4.78, 5) is 36.9. The van der Waals surface area contributed by atoms with Crippen molar-refractivity contribution in [1.29, 1.82) is 0 Å². The number of anilines is 1. The maximum atomic E-state index is 11.8. The molecule has 0 N–H and O–H groups in total. The Morgan fingerprint density at radius 1 is 1.12 bits per heavy atom. The molecular weight excluding hydrogens is 340 g/mol. The largest absolute Gasteiger partial charge is 0.357 e. The van der Waals surface area contributed by atoms with E-state index in [4.69, 9.17) is 0 Å². The van der Waals surface area contributed by atoms with Crippen LogP contribution in [0.25, 0.3) is 0 Å². The van der Waals surface area contributed by atoms with Crippen LogP contribution in [0.1, 0.15) is 45.4 Å². The van der Waals surface area contributed by atoms with Crippen LogP contribution in [0.4, 0.5) is 11.4 Å². The Balaban J connectivity index is 2.12. The average molecular weight is 364 g/mol. The summed E-state index contributed by atoms with van der Waals surface area (Å²) in [7, 11) is 0. The number of nitrogens with zero attached hydrogens (tertiary/aromatic N) is 2. The number of nitro groups is 1. The van der Waals surface area contributed by atoms with Gasteiger partial charge in [0.1, 0.15) is 0 Å². The second kappa shape index (κ2) is 9.56. The highest BCUT2D eigenvalue weighted by atomic mass is 32.2. The zero-order chi connectivity index (χ0) is 18.2. The summed E-state index contributed by atoms with van der Waals surface area (Å²) in [6.07, 6.45) is 5.01. The second-order valence-electron chi connectivity index (χ2n) is 6.25. The van der Waals surface area contributed by atoms with Crippen LogP contribution in [0.15, 0.2) is 23.1 Å². The third-order valence-electron chi connectivity index (χ3n) is 4.18. The molecule has 0 spiro atoms. The van der Waals surface area contributed by atoms with E-state index < -0.39 is 0 Å². The van der Waals surface area contributed by atoms with E-state index in [-0.39, 0.29) is 48.1 Å². The van der Waals surface area contributed by atoms with Gasteiger partial charge in [0, 0.05) is 24.6 Å². The molecule has 0 amide bonds. The molecule has 7 heteroatoms. The molecule has 6 nitrogen and oxygen atoms in total. The van der Waals surface area contributed by atoms with Gasteiger partial charge in [0.25, 0.3) is 5.69 Å². The number of thioether (sulfide) groups is 1. The molecule has 0 radical (unpaired) electrons. The van der Waals surface area contributed by atoms with Crippen LogP contribution >= 0.6 is 11.8 Å². The van der Waals surface area contributed by atoms with Crippen LogP contribution in [-0.2, 0) is 9.59 Å². The lowest BCUT2D eigenvalue weighted by molar-refractivity contribution is -0.387. The Bertz CT molecular complexity index is 630. The second-order valence-corrected chi connectivity index (χ2v) is 7.39. The molecule has 1 aromatic rings. The van der Waals surface area contributed by atoms with Gasteiger partial charge < -0.3 is 4.90 Å². The first-order valence-corrected chi connectivity index (χ1v) is 9.69. The molecule has 0 bridgehead atoms. The van der Waals surface area contributed by atoms with Crippen molar-refractivity contribution >= 4 is 34.7 Å². The zero-order valence-electron chi connectivity index (χ0n) is 14.5. The quantitative estimate of drug-likeness (QED) is 0.300. The number of unbranched alkanes of at least 4 members (excludes halogenated alkanes) is 3. The first kappa shape index (κ1) is 19.4. The summed E-state index contributed by atoms with van der Waals surface area (Å²) < 4.78 is 0. The lowest BCUT2D eigenvalue weighted by Crippen LogP contribution is -2.31. The van der Waals surface area contributed by atoms with Crippen molar-refractivity contribution in [2.45, 2.75) is 50.3 Å². The summed E-state index contributed by atoms with van der Waals surface area (Å²) in [5, 5.41) is 11.4. The van der Waals surface area contributed by atoms with E-state index in [9.17, 15) is 19.7 Å². The van der Waals surface area contributed by atoms with Crippen molar-refractivity contribution < 1.29 is 14.5 Å². The van der Waals surface area contributed by atoms with Gasteiger partial charge in [0.15, 0.2) is 11.6 Å². The van der Waals surface area contributed by atoms with Crippen molar-refractivity contribution in [2.75, 3.05) is 23.7 Å². The molecule has 1 aliphatic rings. The Hall–Kier alpha value is -1.89. The number of ketones is 2. The Morgan fingerprint density at radius 3 is 2.40 bits per heavy atom. The molecule has 0 atom stereocenters. The molecular formula is C18H24N2O4S. The summed E-state index contributed by atoms with van der Waals surface area (Å²) >= 11 is 1.49. The normalized spacial score (nSPS) is 15.3. The number of carbonyl (C=O) groups is 2. The molecule has 0 aromatic heterocycles. The summed E-state index contributed by atoms with van der Waals surface area (Å²) in [5.74, 6) is 0.826. The highest BCUT2D eigenvalue weighted by Crippen LogP contribution is 2.34. The molecule has 136 valence electrons. The predicted octanol–water partition coefficient (Wildman–Crippen LogP) is 4.01. The van der Waals surface area contributed by atoms with Gasteiger partial charge in [-0.2, -0.15) is 0 Å². The molecule has 25 heavy (non-hydrogen) atoms. The lowest BCUT2D eigenvalue weighted by atomic mass is 10.2. The highest BCUT2D eigenvalue weighted by Gasteiger charge is 2.23. The van der Waals surface area contributed by atoms with Gasteiger partial charge in [-0.1, -0.05) is 26.2 Å². The SMILES string of the molecule is CCCCCCSc1ccc(N2CC(=O)CCC(=O)C2)cc1[N+](=O)[O-]. The van der Waals surface area contributed by atoms with Crippen LogP contribution in [-0.4, -0.2) is 35.3 Å². The molecule has 0 saturated carbocycles.